The maximum absolute atomic E-state index is 10.2. The first-order valence-corrected chi connectivity index (χ1v) is 6.79. The fourth-order valence-corrected chi connectivity index (χ4v) is 3.35. The number of fused-ring (bicyclic) bond motifs is 1. The molecule has 3 rings (SSSR count). The van der Waals surface area contributed by atoms with Crippen LogP contribution in [0, 0.1) is 11.8 Å². The lowest BCUT2D eigenvalue weighted by atomic mass is 9.93. The fourth-order valence-electron chi connectivity index (χ4n) is 3.35. The Kier molecular flexibility index (Phi) is 3.03. The molecule has 0 saturated heterocycles. The van der Waals surface area contributed by atoms with Gasteiger partial charge in [-0.2, -0.15) is 0 Å². The number of aromatic nitrogens is 2. The molecule has 1 aromatic heterocycles. The van der Waals surface area contributed by atoms with Gasteiger partial charge in [-0.05, 0) is 24.3 Å². The zero-order chi connectivity index (χ0) is 13.6. The molecule has 102 valence electrons. The summed E-state index contributed by atoms with van der Waals surface area (Å²) in [5.74, 6) is 0.621. The third kappa shape index (κ3) is 1.84. The Hall–Kier alpha value is -1.46. The molecule has 1 saturated carbocycles. The number of nitrogens with zero attached hydrogens (tertiary/aromatic N) is 2. The van der Waals surface area contributed by atoms with E-state index in [0.717, 1.165) is 29.7 Å². The molecule has 2 aliphatic carbocycles. The van der Waals surface area contributed by atoms with Gasteiger partial charge in [0.05, 0.1) is 17.9 Å². The number of nitrogen functional groups attached to an aromatic ring is 1. The highest BCUT2D eigenvalue weighted by Gasteiger charge is 2.43. The highest BCUT2D eigenvalue weighted by Crippen LogP contribution is 2.44. The molecule has 1 heterocycles. The third-order valence-corrected chi connectivity index (χ3v) is 4.50. The van der Waals surface area contributed by atoms with Crippen molar-refractivity contribution in [2.45, 2.75) is 38.4 Å². The van der Waals surface area contributed by atoms with E-state index < -0.39 is 12.2 Å². The molecular weight excluding hydrogens is 242 g/mol. The lowest BCUT2D eigenvalue weighted by Gasteiger charge is -2.18. The molecule has 2 aliphatic rings. The van der Waals surface area contributed by atoms with Crippen molar-refractivity contribution in [3.8, 4) is 0 Å². The first kappa shape index (κ1) is 12.6. The number of aliphatic hydroxyl groups is 2. The number of hydrogen-bond acceptors (Lipinski definition) is 5. The summed E-state index contributed by atoms with van der Waals surface area (Å²) < 4.78 is 0. The van der Waals surface area contributed by atoms with Crippen molar-refractivity contribution in [2.75, 3.05) is 5.73 Å². The van der Waals surface area contributed by atoms with E-state index in [4.69, 9.17) is 5.73 Å². The summed E-state index contributed by atoms with van der Waals surface area (Å²) in [4.78, 5) is 8.30. The summed E-state index contributed by atoms with van der Waals surface area (Å²) in [7, 11) is 0. The van der Waals surface area contributed by atoms with Crippen molar-refractivity contribution in [2.24, 2.45) is 11.8 Å². The quantitative estimate of drug-likeness (QED) is 0.731. The van der Waals surface area contributed by atoms with Crippen molar-refractivity contribution in [3.05, 3.63) is 23.7 Å². The van der Waals surface area contributed by atoms with Crippen LogP contribution in [0.2, 0.25) is 0 Å². The zero-order valence-corrected chi connectivity index (χ0v) is 11.0. The number of allylic oxidation sites excluding steroid dienone is 1. The van der Waals surface area contributed by atoms with Gasteiger partial charge in [-0.15, -0.1) is 0 Å². The van der Waals surface area contributed by atoms with Gasteiger partial charge in [0.2, 0.25) is 0 Å². The van der Waals surface area contributed by atoms with E-state index in [0.29, 0.717) is 12.2 Å². The second-order valence-corrected chi connectivity index (χ2v) is 5.44. The Morgan fingerprint density at radius 2 is 2.11 bits per heavy atom. The van der Waals surface area contributed by atoms with Crippen LogP contribution in [0.4, 0.5) is 5.82 Å². The van der Waals surface area contributed by atoms with Crippen molar-refractivity contribution in [3.63, 3.8) is 0 Å². The predicted molar refractivity (Wildman–Crippen MR) is 72.0 cm³/mol. The highest BCUT2D eigenvalue weighted by atomic mass is 16.3. The van der Waals surface area contributed by atoms with Crippen molar-refractivity contribution in [1.82, 2.24) is 9.97 Å². The normalized spacial score (nSPS) is 33.3. The summed E-state index contributed by atoms with van der Waals surface area (Å²) in [5, 5.41) is 20.3. The number of aliphatic hydroxyl groups excluding tert-OH is 2. The van der Waals surface area contributed by atoms with Crippen LogP contribution in [0.15, 0.2) is 12.4 Å². The molecule has 4 atom stereocenters. The van der Waals surface area contributed by atoms with Gasteiger partial charge in [0.25, 0.3) is 0 Å². The molecule has 0 aliphatic heterocycles. The Balaban J connectivity index is 1.92. The molecule has 1 aromatic rings. The van der Waals surface area contributed by atoms with Crippen LogP contribution in [0.5, 0.6) is 0 Å². The summed E-state index contributed by atoms with van der Waals surface area (Å²) in [6.07, 6.45) is 4.57. The highest BCUT2D eigenvalue weighted by molar-refractivity contribution is 5.75. The van der Waals surface area contributed by atoms with Crippen LogP contribution < -0.4 is 5.73 Å². The molecular formula is C14H19N3O2. The van der Waals surface area contributed by atoms with Gasteiger partial charge in [-0.25, -0.2) is 9.97 Å². The topological polar surface area (TPSA) is 92.3 Å². The molecule has 0 aromatic carbocycles. The molecule has 5 heteroatoms. The zero-order valence-electron chi connectivity index (χ0n) is 11.0. The molecule has 5 nitrogen and oxygen atoms in total. The maximum atomic E-state index is 10.2. The van der Waals surface area contributed by atoms with Gasteiger partial charge in [0.1, 0.15) is 12.1 Å². The summed E-state index contributed by atoms with van der Waals surface area (Å²) in [5.41, 5.74) is 8.66. The van der Waals surface area contributed by atoms with Crippen LogP contribution >= 0.6 is 0 Å². The minimum absolute atomic E-state index is 0.0458. The molecule has 0 radical (unpaired) electrons. The Labute approximate surface area is 112 Å². The second kappa shape index (κ2) is 4.58. The molecule has 1 fully saturated rings. The second-order valence-electron chi connectivity index (χ2n) is 5.44. The third-order valence-electron chi connectivity index (χ3n) is 4.50. The van der Waals surface area contributed by atoms with E-state index in [9.17, 15) is 10.2 Å². The summed E-state index contributed by atoms with van der Waals surface area (Å²) in [6, 6.07) is 0. The molecule has 0 spiro atoms. The van der Waals surface area contributed by atoms with E-state index in [1.807, 2.05) is 6.92 Å². The minimum atomic E-state index is -0.710. The fraction of sp³-hybridized carbons (Fsp3) is 0.571. The molecule has 0 amide bonds. The maximum Gasteiger partial charge on any atom is 0.130 e. The molecule has 4 N–H and O–H groups in total. The molecule has 0 bridgehead atoms. The van der Waals surface area contributed by atoms with Gasteiger partial charge >= 0.3 is 0 Å². The Morgan fingerprint density at radius 1 is 1.32 bits per heavy atom. The first-order valence-electron chi connectivity index (χ1n) is 6.79. The van der Waals surface area contributed by atoms with Crippen LogP contribution in [-0.2, 0) is 6.42 Å². The van der Waals surface area contributed by atoms with E-state index in [1.54, 1.807) is 0 Å². The van der Waals surface area contributed by atoms with Gasteiger partial charge < -0.3 is 15.9 Å². The van der Waals surface area contributed by atoms with E-state index in [-0.39, 0.29) is 11.8 Å². The van der Waals surface area contributed by atoms with Gasteiger partial charge in [-0.1, -0.05) is 19.4 Å². The van der Waals surface area contributed by atoms with Crippen LogP contribution in [0.1, 0.15) is 31.0 Å². The van der Waals surface area contributed by atoms with Crippen LogP contribution in [0.25, 0.3) is 5.57 Å². The van der Waals surface area contributed by atoms with Crippen molar-refractivity contribution >= 4 is 11.4 Å². The average Bonchev–Trinajstić information content (AvgIpc) is 2.94. The standard InChI is InChI=1S/C14H19N3O2/c1-2-7-5-10(13(19)12(7)18)8-3-4-9-11(8)16-6-17-14(9)15/h3,6-7,10,12-13,18-19H,2,4-5H2,1H3,(H2,15,16,17)/t7-,10-,12+,13-/m0/s1. The largest absolute Gasteiger partial charge is 0.390 e. The Bertz CT molecular complexity index is 529. The van der Waals surface area contributed by atoms with Gasteiger partial charge in [0, 0.05) is 11.5 Å². The molecule has 19 heavy (non-hydrogen) atoms. The number of rotatable bonds is 2. The van der Waals surface area contributed by atoms with Crippen LogP contribution in [-0.4, -0.2) is 32.4 Å². The molecule has 0 unspecified atom stereocenters. The van der Waals surface area contributed by atoms with Gasteiger partial charge in [-0.3, -0.25) is 0 Å². The number of anilines is 1. The monoisotopic (exact) mass is 261 g/mol. The smallest absolute Gasteiger partial charge is 0.130 e. The first-order chi connectivity index (χ1) is 9.13. The predicted octanol–water partition coefficient (Wildman–Crippen LogP) is 0.766. The number of nitrogens with two attached hydrogens (primary N) is 1. The van der Waals surface area contributed by atoms with E-state index >= 15 is 0 Å². The number of hydrogen-bond donors (Lipinski definition) is 3. The van der Waals surface area contributed by atoms with Gasteiger partial charge in [0.15, 0.2) is 0 Å². The Morgan fingerprint density at radius 3 is 2.79 bits per heavy atom. The lowest BCUT2D eigenvalue weighted by molar-refractivity contribution is 0.0113. The summed E-state index contributed by atoms with van der Waals surface area (Å²) >= 11 is 0. The van der Waals surface area contributed by atoms with Crippen LogP contribution in [0.3, 0.4) is 0 Å². The SMILES string of the molecule is CC[C@H]1C[C@@H](C2=CCc3c(N)ncnc32)[C@H](O)[C@@H]1O. The minimum Gasteiger partial charge on any atom is -0.390 e. The lowest BCUT2D eigenvalue weighted by Crippen LogP contribution is -2.28. The van der Waals surface area contributed by atoms with E-state index in [1.165, 1.54) is 6.33 Å². The van der Waals surface area contributed by atoms with Crippen molar-refractivity contribution < 1.29 is 10.2 Å². The summed E-state index contributed by atoms with van der Waals surface area (Å²) in [6.45, 7) is 2.04. The van der Waals surface area contributed by atoms with Crippen molar-refractivity contribution in [1.29, 1.82) is 0 Å². The average molecular weight is 261 g/mol. The van der Waals surface area contributed by atoms with E-state index in [2.05, 4.69) is 16.0 Å².